The molecule has 1 unspecified atom stereocenters. The minimum Gasteiger partial charge on any atom is -0.351 e. The van der Waals surface area contributed by atoms with Gasteiger partial charge in [0.25, 0.3) is 0 Å². The number of anilines is 1. The van der Waals surface area contributed by atoms with Crippen molar-refractivity contribution in [2.24, 2.45) is 0 Å². The molecule has 1 aromatic rings. The van der Waals surface area contributed by atoms with Gasteiger partial charge < -0.3 is 10.2 Å². The number of piperazine rings is 1. The first-order valence-electron chi connectivity index (χ1n) is 5.15. The summed E-state index contributed by atoms with van der Waals surface area (Å²) >= 11 is 1.58. The Morgan fingerprint density at radius 2 is 2.38 bits per heavy atom. The molecule has 0 radical (unpaired) electrons. The fourth-order valence-electron chi connectivity index (χ4n) is 1.77. The van der Waals surface area contributed by atoms with Crippen LogP contribution in [0.3, 0.4) is 0 Å². The molecule has 2 rings (SSSR count). The van der Waals surface area contributed by atoms with E-state index in [-0.39, 0.29) is 12.4 Å². The van der Waals surface area contributed by atoms with Gasteiger partial charge in [-0.2, -0.15) is 0 Å². The van der Waals surface area contributed by atoms with Gasteiger partial charge in [-0.1, -0.05) is 11.8 Å². The summed E-state index contributed by atoms with van der Waals surface area (Å²) in [6.45, 7) is 5.29. The minimum atomic E-state index is 0. The molecule has 0 spiro atoms. The monoisotopic (exact) mass is 260 g/mol. The molecule has 90 valence electrons. The maximum Gasteiger partial charge on any atom is 0.189 e. The van der Waals surface area contributed by atoms with E-state index in [1.807, 2.05) is 18.5 Å². The second kappa shape index (κ2) is 6.27. The highest BCUT2D eigenvalue weighted by molar-refractivity contribution is 7.98. The van der Waals surface area contributed by atoms with E-state index in [9.17, 15) is 0 Å². The molecule has 1 N–H and O–H groups in total. The Balaban J connectivity index is 0.00000128. The molecule has 0 amide bonds. The predicted molar refractivity (Wildman–Crippen MR) is 70.7 cm³/mol. The number of nitrogens with zero attached hydrogens (tertiary/aromatic N) is 3. The van der Waals surface area contributed by atoms with Crippen LogP contribution in [-0.2, 0) is 0 Å². The molecule has 0 aromatic carbocycles. The molecule has 0 bridgehead atoms. The Kier molecular flexibility index (Phi) is 5.31. The first-order valence-corrected chi connectivity index (χ1v) is 6.38. The van der Waals surface area contributed by atoms with Crippen LogP contribution in [0.4, 0.5) is 5.82 Å². The molecule has 16 heavy (non-hydrogen) atoms. The summed E-state index contributed by atoms with van der Waals surface area (Å²) in [5.74, 6) is 1.04. The molecule has 1 aliphatic rings. The highest BCUT2D eigenvalue weighted by Gasteiger charge is 2.19. The Bertz CT molecular complexity index is 336. The first kappa shape index (κ1) is 13.5. The third-order valence-electron chi connectivity index (χ3n) is 2.60. The summed E-state index contributed by atoms with van der Waals surface area (Å²) < 4.78 is 0. The second-order valence-electron chi connectivity index (χ2n) is 3.65. The normalized spacial score (nSPS) is 20.4. The van der Waals surface area contributed by atoms with Crippen molar-refractivity contribution < 1.29 is 0 Å². The molecule has 0 saturated carbocycles. The Hall–Kier alpha value is -0.520. The number of hydrogen-bond donors (Lipinski definition) is 1. The zero-order valence-electron chi connectivity index (χ0n) is 9.51. The van der Waals surface area contributed by atoms with Gasteiger partial charge >= 0.3 is 0 Å². The van der Waals surface area contributed by atoms with E-state index in [4.69, 9.17) is 0 Å². The van der Waals surface area contributed by atoms with Crippen LogP contribution in [0.2, 0.25) is 0 Å². The van der Waals surface area contributed by atoms with Crippen molar-refractivity contribution in [3.8, 4) is 0 Å². The van der Waals surface area contributed by atoms with Crippen LogP contribution in [0.5, 0.6) is 0 Å². The van der Waals surface area contributed by atoms with E-state index in [0.29, 0.717) is 6.04 Å². The number of thioether (sulfide) groups is 1. The van der Waals surface area contributed by atoms with E-state index < -0.39 is 0 Å². The fraction of sp³-hybridized carbons (Fsp3) is 0.600. The van der Waals surface area contributed by atoms with Crippen molar-refractivity contribution >= 4 is 30.0 Å². The van der Waals surface area contributed by atoms with E-state index in [2.05, 4.69) is 27.1 Å². The molecule has 1 atom stereocenters. The molecule has 1 aliphatic heterocycles. The number of nitrogens with one attached hydrogen (secondary N) is 1. The van der Waals surface area contributed by atoms with Gasteiger partial charge in [0.2, 0.25) is 0 Å². The van der Waals surface area contributed by atoms with Gasteiger partial charge in [0.05, 0.1) is 0 Å². The van der Waals surface area contributed by atoms with Crippen LogP contribution in [0.15, 0.2) is 17.4 Å². The number of aromatic nitrogens is 2. The topological polar surface area (TPSA) is 41.1 Å². The van der Waals surface area contributed by atoms with Crippen LogP contribution in [0.1, 0.15) is 6.92 Å². The predicted octanol–water partition coefficient (Wildman–Crippen LogP) is 1.42. The van der Waals surface area contributed by atoms with Crippen molar-refractivity contribution in [3.05, 3.63) is 12.3 Å². The lowest BCUT2D eigenvalue weighted by atomic mass is 10.2. The molecule has 1 fully saturated rings. The lowest BCUT2D eigenvalue weighted by Gasteiger charge is -2.34. The van der Waals surface area contributed by atoms with Crippen molar-refractivity contribution in [1.82, 2.24) is 15.3 Å². The summed E-state index contributed by atoms with van der Waals surface area (Å²) in [6, 6.07) is 2.49. The highest BCUT2D eigenvalue weighted by atomic mass is 35.5. The summed E-state index contributed by atoms with van der Waals surface area (Å²) in [4.78, 5) is 11.0. The SMILES string of the molecule is CSc1nccc(N2CCNCC2C)n1.Cl. The Morgan fingerprint density at radius 3 is 3.06 bits per heavy atom. The van der Waals surface area contributed by atoms with E-state index in [1.165, 1.54) is 0 Å². The van der Waals surface area contributed by atoms with E-state index >= 15 is 0 Å². The summed E-state index contributed by atoms with van der Waals surface area (Å²) in [7, 11) is 0. The molecular formula is C10H17ClN4S. The third-order valence-corrected chi connectivity index (χ3v) is 3.16. The van der Waals surface area contributed by atoms with Gasteiger partial charge in [0.15, 0.2) is 5.16 Å². The van der Waals surface area contributed by atoms with Crippen LogP contribution in [0.25, 0.3) is 0 Å². The van der Waals surface area contributed by atoms with Gasteiger partial charge in [-0.05, 0) is 19.2 Å². The third kappa shape index (κ3) is 2.99. The van der Waals surface area contributed by atoms with Crippen molar-refractivity contribution in [2.45, 2.75) is 18.1 Å². The molecule has 1 aromatic heterocycles. The smallest absolute Gasteiger partial charge is 0.189 e. The largest absolute Gasteiger partial charge is 0.351 e. The molecule has 4 nitrogen and oxygen atoms in total. The average molecular weight is 261 g/mol. The summed E-state index contributed by atoms with van der Waals surface area (Å²) in [5.41, 5.74) is 0. The Morgan fingerprint density at radius 1 is 1.56 bits per heavy atom. The quantitative estimate of drug-likeness (QED) is 0.643. The van der Waals surface area contributed by atoms with E-state index in [0.717, 1.165) is 30.6 Å². The second-order valence-corrected chi connectivity index (χ2v) is 4.42. The van der Waals surface area contributed by atoms with Gasteiger partial charge in [-0.15, -0.1) is 12.4 Å². The van der Waals surface area contributed by atoms with Gasteiger partial charge in [0, 0.05) is 31.9 Å². The maximum atomic E-state index is 4.52. The molecule has 6 heteroatoms. The lowest BCUT2D eigenvalue weighted by molar-refractivity contribution is 0.495. The fourth-order valence-corrected chi connectivity index (χ4v) is 2.12. The molecular weight excluding hydrogens is 244 g/mol. The summed E-state index contributed by atoms with van der Waals surface area (Å²) in [5, 5.41) is 4.22. The molecule has 0 aliphatic carbocycles. The summed E-state index contributed by atoms with van der Waals surface area (Å²) in [6.07, 6.45) is 3.84. The minimum absolute atomic E-state index is 0. The van der Waals surface area contributed by atoms with E-state index in [1.54, 1.807) is 11.8 Å². The lowest BCUT2D eigenvalue weighted by Crippen LogP contribution is -2.50. The van der Waals surface area contributed by atoms with Crippen LogP contribution in [-0.4, -0.2) is 41.9 Å². The number of halogens is 1. The maximum absolute atomic E-state index is 4.52. The van der Waals surface area contributed by atoms with Crippen LogP contribution < -0.4 is 10.2 Å². The van der Waals surface area contributed by atoms with Gasteiger partial charge in [-0.3, -0.25) is 0 Å². The van der Waals surface area contributed by atoms with Gasteiger partial charge in [0.1, 0.15) is 5.82 Å². The zero-order valence-corrected chi connectivity index (χ0v) is 11.1. The van der Waals surface area contributed by atoms with Crippen LogP contribution in [0, 0.1) is 0 Å². The Labute approximate surface area is 107 Å². The van der Waals surface area contributed by atoms with Crippen LogP contribution >= 0.6 is 24.2 Å². The number of hydrogen-bond acceptors (Lipinski definition) is 5. The number of rotatable bonds is 2. The molecule has 2 heterocycles. The van der Waals surface area contributed by atoms with Crippen molar-refractivity contribution in [3.63, 3.8) is 0 Å². The highest BCUT2D eigenvalue weighted by Crippen LogP contribution is 2.17. The average Bonchev–Trinajstić information content (AvgIpc) is 2.30. The van der Waals surface area contributed by atoms with Gasteiger partial charge in [-0.25, -0.2) is 9.97 Å². The first-order chi connectivity index (χ1) is 7.31. The zero-order chi connectivity index (χ0) is 10.7. The standard InChI is InChI=1S/C10H16N4S.ClH/c1-8-7-11-5-6-14(8)9-3-4-12-10(13-9)15-2;/h3-4,8,11H,5-7H2,1-2H3;1H. The molecule has 1 saturated heterocycles. The van der Waals surface area contributed by atoms with Crippen molar-refractivity contribution in [1.29, 1.82) is 0 Å². The van der Waals surface area contributed by atoms with Crippen molar-refractivity contribution in [2.75, 3.05) is 30.8 Å².